The molecule has 0 saturated carbocycles. The molecule has 2 amide bonds. The van der Waals surface area contributed by atoms with Crippen molar-refractivity contribution in [2.24, 2.45) is 5.92 Å². The van der Waals surface area contributed by atoms with E-state index in [-0.39, 0.29) is 12.6 Å². The Labute approximate surface area is 118 Å². The van der Waals surface area contributed by atoms with Gasteiger partial charge >= 0.3 is 6.03 Å². The van der Waals surface area contributed by atoms with Gasteiger partial charge in [0.05, 0.1) is 0 Å². The van der Waals surface area contributed by atoms with Crippen LogP contribution in [0.15, 0.2) is 18.3 Å². The van der Waals surface area contributed by atoms with Crippen molar-refractivity contribution in [3.05, 3.63) is 23.5 Å². The highest BCUT2D eigenvalue weighted by molar-refractivity contribution is 6.29. The van der Waals surface area contributed by atoms with Crippen LogP contribution in [0.5, 0.6) is 0 Å². The number of hydrogen-bond donors (Lipinski definition) is 3. The topological polar surface area (TPSA) is 74.2 Å². The molecule has 0 aromatic carbocycles. The average Bonchev–Trinajstić information content (AvgIpc) is 2.36. The molecule has 0 radical (unpaired) electrons. The summed E-state index contributed by atoms with van der Waals surface area (Å²) in [5, 5.41) is 14.8. The number of aliphatic hydroxyl groups is 1. The Hall–Kier alpha value is -1.33. The van der Waals surface area contributed by atoms with Crippen LogP contribution >= 0.6 is 11.6 Å². The number of nitrogens with one attached hydrogen (secondary N) is 2. The van der Waals surface area contributed by atoms with Gasteiger partial charge in [0.2, 0.25) is 0 Å². The standard InChI is InChI=1S/C13H20ClN3O2/c1-2-3-10(5-7-18)9-16-13(19)17-11-4-6-15-12(14)8-11/h4,6,8,10,18H,2-3,5,7,9H2,1H3,(H2,15,16,17,19). The summed E-state index contributed by atoms with van der Waals surface area (Å²) in [6, 6.07) is 2.97. The fraction of sp³-hybridized carbons (Fsp3) is 0.538. The Morgan fingerprint density at radius 2 is 2.32 bits per heavy atom. The maximum absolute atomic E-state index is 11.7. The van der Waals surface area contributed by atoms with Crippen molar-refractivity contribution in [2.45, 2.75) is 26.2 Å². The summed E-state index contributed by atoms with van der Waals surface area (Å²) in [4.78, 5) is 15.5. The molecule has 0 bridgehead atoms. The highest BCUT2D eigenvalue weighted by atomic mass is 35.5. The molecule has 1 rings (SSSR count). The average molecular weight is 286 g/mol. The second-order valence-corrected chi connectivity index (χ2v) is 4.76. The van der Waals surface area contributed by atoms with Crippen LogP contribution in [-0.4, -0.2) is 29.3 Å². The number of rotatable bonds is 7. The molecule has 0 fully saturated rings. The van der Waals surface area contributed by atoms with E-state index in [1.807, 2.05) is 0 Å². The molecule has 0 aliphatic heterocycles. The van der Waals surface area contributed by atoms with Gasteiger partial charge in [0, 0.05) is 25.0 Å². The summed E-state index contributed by atoms with van der Waals surface area (Å²) in [5.41, 5.74) is 0.603. The fourth-order valence-corrected chi connectivity index (χ4v) is 2.01. The van der Waals surface area contributed by atoms with Crippen LogP contribution in [0.25, 0.3) is 0 Å². The molecule has 1 heterocycles. The first-order valence-electron chi connectivity index (χ1n) is 6.43. The molecular formula is C13H20ClN3O2. The lowest BCUT2D eigenvalue weighted by atomic mass is 10.0. The van der Waals surface area contributed by atoms with Gasteiger partial charge < -0.3 is 15.7 Å². The van der Waals surface area contributed by atoms with Gasteiger partial charge in [0.1, 0.15) is 5.15 Å². The largest absolute Gasteiger partial charge is 0.396 e. The number of amides is 2. The molecule has 0 aliphatic rings. The molecule has 5 nitrogen and oxygen atoms in total. The Kier molecular flexibility index (Phi) is 7.22. The Balaban J connectivity index is 2.38. The lowest BCUT2D eigenvalue weighted by Gasteiger charge is -2.16. The predicted octanol–water partition coefficient (Wildman–Crippen LogP) is 2.66. The highest BCUT2D eigenvalue weighted by Crippen LogP contribution is 2.12. The minimum absolute atomic E-state index is 0.147. The number of anilines is 1. The van der Waals surface area contributed by atoms with E-state index in [1.54, 1.807) is 12.1 Å². The van der Waals surface area contributed by atoms with E-state index in [0.29, 0.717) is 29.7 Å². The van der Waals surface area contributed by atoms with Crippen LogP contribution in [0.4, 0.5) is 10.5 Å². The van der Waals surface area contributed by atoms with Gasteiger partial charge in [-0.05, 0) is 30.9 Å². The zero-order valence-corrected chi connectivity index (χ0v) is 11.8. The third kappa shape index (κ3) is 6.40. The van der Waals surface area contributed by atoms with Gasteiger partial charge in [-0.15, -0.1) is 0 Å². The third-order valence-corrected chi connectivity index (χ3v) is 2.98. The van der Waals surface area contributed by atoms with Crippen LogP contribution in [0.2, 0.25) is 5.15 Å². The molecule has 0 spiro atoms. The maximum atomic E-state index is 11.7. The lowest BCUT2D eigenvalue weighted by Crippen LogP contribution is -2.33. The van der Waals surface area contributed by atoms with Crippen LogP contribution in [0.3, 0.4) is 0 Å². The molecule has 19 heavy (non-hydrogen) atoms. The highest BCUT2D eigenvalue weighted by Gasteiger charge is 2.09. The number of urea groups is 1. The van der Waals surface area contributed by atoms with Gasteiger partial charge in [-0.25, -0.2) is 9.78 Å². The summed E-state index contributed by atoms with van der Waals surface area (Å²) in [5.74, 6) is 0.307. The maximum Gasteiger partial charge on any atom is 0.319 e. The van der Waals surface area contributed by atoms with E-state index in [4.69, 9.17) is 16.7 Å². The third-order valence-electron chi connectivity index (χ3n) is 2.77. The minimum atomic E-state index is -0.277. The summed E-state index contributed by atoms with van der Waals surface area (Å²) < 4.78 is 0. The van der Waals surface area contributed by atoms with E-state index in [0.717, 1.165) is 12.8 Å². The van der Waals surface area contributed by atoms with Gasteiger partial charge in [0.25, 0.3) is 0 Å². The number of nitrogens with zero attached hydrogens (tertiary/aromatic N) is 1. The Morgan fingerprint density at radius 3 is 2.95 bits per heavy atom. The molecular weight excluding hydrogens is 266 g/mol. The minimum Gasteiger partial charge on any atom is -0.396 e. The van der Waals surface area contributed by atoms with Crippen molar-refractivity contribution in [2.75, 3.05) is 18.5 Å². The van der Waals surface area contributed by atoms with Gasteiger partial charge in [-0.2, -0.15) is 0 Å². The van der Waals surface area contributed by atoms with E-state index < -0.39 is 0 Å². The van der Waals surface area contributed by atoms with Crippen molar-refractivity contribution < 1.29 is 9.90 Å². The first-order chi connectivity index (χ1) is 9.15. The zero-order valence-electron chi connectivity index (χ0n) is 11.0. The van der Waals surface area contributed by atoms with Crippen molar-refractivity contribution in [3.63, 3.8) is 0 Å². The van der Waals surface area contributed by atoms with E-state index in [9.17, 15) is 4.79 Å². The van der Waals surface area contributed by atoms with Crippen molar-refractivity contribution in [1.29, 1.82) is 0 Å². The van der Waals surface area contributed by atoms with Crippen LogP contribution in [0, 0.1) is 5.92 Å². The Morgan fingerprint density at radius 1 is 1.53 bits per heavy atom. The molecule has 1 aromatic rings. The summed E-state index contributed by atoms with van der Waals surface area (Å²) in [6.45, 7) is 2.79. The second kappa shape index (κ2) is 8.72. The van der Waals surface area contributed by atoms with Gasteiger partial charge in [-0.3, -0.25) is 0 Å². The quantitative estimate of drug-likeness (QED) is 0.674. The van der Waals surface area contributed by atoms with Gasteiger partial charge in [-0.1, -0.05) is 24.9 Å². The number of aromatic nitrogens is 1. The summed E-state index contributed by atoms with van der Waals surface area (Å²) >= 11 is 5.73. The van der Waals surface area contributed by atoms with Gasteiger partial charge in [0.15, 0.2) is 0 Å². The second-order valence-electron chi connectivity index (χ2n) is 4.37. The first kappa shape index (κ1) is 15.7. The number of hydrogen-bond acceptors (Lipinski definition) is 3. The van der Waals surface area contributed by atoms with Crippen LogP contribution < -0.4 is 10.6 Å². The number of carbonyl (C=O) groups excluding carboxylic acids is 1. The molecule has 1 aromatic heterocycles. The predicted molar refractivity (Wildman–Crippen MR) is 76.4 cm³/mol. The molecule has 0 saturated heterocycles. The van der Waals surface area contributed by atoms with Crippen molar-refractivity contribution in [3.8, 4) is 0 Å². The molecule has 6 heteroatoms. The van der Waals surface area contributed by atoms with Crippen molar-refractivity contribution in [1.82, 2.24) is 10.3 Å². The monoisotopic (exact) mass is 285 g/mol. The van der Waals surface area contributed by atoms with Crippen molar-refractivity contribution >= 4 is 23.3 Å². The molecule has 106 valence electrons. The summed E-state index contributed by atoms with van der Waals surface area (Å²) in [7, 11) is 0. The Bertz CT molecular complexity index is 395. The first-order valence-corrected chi connectivity index (χ1v) is 6.80. The van der Waals surface area contributed by atoms with Crippen LogP contribution in [-0.2, 0) is 0 Å². The molecule has 1 unspecified atom stereocenters. The fourth-order valence-electron chi connectivity index (χ4n) is 1.83. The lowest BCUT2D eigenvalue weighted by molar-refractivity contribution is 0.237. The number of pyridine rings is 1. The summed E-state index contributed by atoms with van der Waals surface area (Å²) in [6.07, 6.45) is 4.26. The van der Waals surface area contributed by atoms with Crippen LogP contribution in [0.1, 0.15) is 26.2 Å². The molecule has 1 atom stereocenters. The van der Waals surface area contributed by atoms with E-state index >= 15 is 0 Å². The smallest absolute Gasteiger partial charge is 0.319 e. The zero-order chi connectivity index (χ0) is 14.1. The normalized spacial score (nSPS) is 11.9. The molecule has 0 aliphatic carbocycles. The van der Waals surface area contributed by atoms with E-state index in [1.165, 1.54) is 6.20 Å². The van der Waals surface area contributed by atoms with E-state index in [2.05, 4.69) is 22.5 Å². The number of carbonyl (C=O) groups is 1. The number of aliphatic hydroxyl groups excluding tert-OH is 1. The SMILES string of the molecule is CCCC(CCO)CNC(=O)Nc1ccnc(Cl)c1. The number of halogens is 1. The molecule has 3 N–H and O–H groups in total.